The van der Waals surface area contributed by atoms with Crippen LogP contribution < -0.4 is 9.47 Å². The zero-order chi connectivity index (χ0) is 26.6. The number of carboxylic acids is 1. The summed E-state index contributed by atoms with van der Waals surface area (Å²) in [6.07, 6.45) is -0.0756. The Morgan fingerprint density at radius 3 is 2.22 bits per heavy atom. The molecular weight excluding hydrogens is 484 g/mol. The summed E-state index contributed by atoms with van der Waals surface area (Å²) in [6.45, 7) is 1.90. The number of ether oxygens (including phenoxy) is 2. The van der Waals surface area contributed by atoms with E-state index in [0.717, 1.165) is 12.1 Å². The lowest BCUT2D eigenvalue weighted by Gasteiger charge is -2.41. The molecular formula is C26H24N2O9. The molecule has 4 rings (SSSR count). The topological polar surface area (TPSA) is 149 Å². The number of carboxylic acid groups (broad SMARTS) is 1. The van der Waals surface area contributed by atoms with E-state index in [0.29, 0.717) is 23.0 Å². The van der Waals surface area contributed by atoms with Gasteiger partial charge in [-0.2, -0.15) is 0 Å². The second-order valence-corrected chi connectivity index (χ2v) is 8.19. The van der Waals surface area contributed by atoms with E-state index < -0.39 is 28.2 Å². The average Bonchev–Trinajstić information content (AvgIpc) is 3.19. The molecule has 37 heavy (non-hydrogen) atoms. The zero-order valence-electron chi connectivity index (χ0n) is 19.8. The number of benzene rings is 3. The Labute approximate surface area is 211 Å². The molecule has 11 heteroatoms. The Kier molecular flexibility index (Phi) is 7.09. The van der Waals surface area contributed by atoms with Crippen molar-refractivity contribution in [3.63, 3.8) is 0 Å². The van der Waals surface area contributed by atoms with E-state index in [-0.39, 0.29) is 30.0 Å². The summed E-state index contributed by atoms with van der Waals surface area (Å²) in [4.78, 5) is 41.2. The van der Waals surface area contributed by atoms with Crippen molar-refractivity contribution in [1.82, 2.24) is 5.06 Å². The first-order valence-corrected chi connectivity index (χ1v) is 11.4. The van der Waals surface area contributed by atoms with Crippen LogP contribution in [0.2, 0.25) is 0 Å². The van der Waals surface area contributed by atoms with E-state index in [9.17, 15) is 29.9 Å². The van der Waals surface area contributed by atoms with Crippen molar-refractivity contribution in [3.05, 3.63) is 100 Å². The quantitative estimate of drug-likeness (QED) is 0.325. The third-order valence-corrected chi connectivity index (χ3v) is 6.07. The molecule has 0 bridgehead atoms. The highest BCUT2D eigenvalue weighted by atomic mass is 16.7. The number of carbonyl (C=O) groups is 2. The number of hydrogen-bond donors (Lipinski definition) is 2. The molecule has 1 aliphatic heterocycles. The van der Waals surface area contributed by atoms with Crippen LogP contribution in [0.5, 0.6) is 11.5 Å². The first kappa shape index (κ1) is 25.6. The van der Waals surface area contributed by atoms with Crippen molar-refractivity contribution in [1.29, 1.82) is 0 Å². The molecule has 0 saturated carbocycles. The lowest BCUT2D eigenvalue weighted by atomic mass is 9.83. The summed E-state index contributed by atoms with van der Waals surface area (Å²) in [6, 6.07) is 19.5. The predicted molar refractivity (Wildman–Crippen MR) is 129 cm³/mol. The van der Waals surface area contributed by atoms with Crippen LogP contribution in [-0.2, 0) is 15.2 Å². The summed E-state index contributed by atoms with van der Waals surface area (Å²) in [5.41, 5.74) is -4.74. The van der Waals surface area contributed by atoms with Crippen LogP contribution >= 0.6 is 0 Å². The Balaban J connectivity index is 1.75. The van der Waals surface area contributed by atoms with Gasteiger partial charge in [0.1, 0.15) is 0 Å². The van der Waals surface area contributed by atoms with Gasteiger partial charge in [-0.05, 0) is 31.2 Å². The molecule has 2 N–H and O–H groups in total. The fourth-order valence-electron chi connectivity index (χ4n) is 4.29. The summed E-state index contributed by atoms with van der Waals surface area (Å²) in [5.74, 6) is -2.18. The van der Waals surface area contributed by atoms with Crippen LogP contribution in [0.3, 0.4) is 0 Å². The van der Waals surface area contributed by atoms with Crippen LogP contribution in [0, 0.1) is 10.1 Å². The first-order chi connectivity index (χ1) is 17.7. The predicted octanol–water partition coefficient (Wildman–Crippen LogP) is 3.52. The number of nitro groups is 1. The molecule has 3 aromatic rings. The minimum Gasteiger partial charge on any atom is -0.490 e. The maximum absolute atomic E-state index is 12.8. The van der Waals surface area contributed by atoms with E-state index in [1.807, 2.05) is 0 Å². The molecule has 0 spiro atoms. The molecule has 11 nitrogen and oxygen atoms in total. The lowest BCUT2D eigenvalue weighted by molar-refractivity contribution is -0.384. The summed E-state index contributed by atoms with van der Waals surface area (Å²) < 4.78 is 11.9. The van der Waals surface area contributed by atoms with E-state index in [2.05, 4.69) is 0 Å². The van der Waals surface area contributed by atoms with Crippen molar-refractivity contribution in [2.24, 2.45) is 0 Å². The average molecular weight is 508 g/mol. The number of aliphatic hydroxyl groups is 1. The van der Waals surface area contributed by atoms with Gasteiger partial charge in [0.2, 0.25) is 0 Å². The maximum Gasteiger partial charge on any atom is 0.359 e. The first-order valence-electron chi connectivity index (χ1n) is 11.4. The highest BCUT2D eigenvalue weighted by molar-refractivity contribution is 5.90. The number of carbonyl (C=O) groups excluding carboxylic acids is 1. The van der Waals surface area contributed by atoms with Gasteiger partial charge < -0.3 is 24.5 Å². The SMILES string of the molecule is CCOc1ccccc1OC1(c2ccccc2)CCN(OC(=O)c2ccc([N+](=O)[O-])cc2)C1(O)C(=O)O. The minimum absolute atomic E-state index is 0.0711. The Hall–Kier alpha value is -4.48. The monoisotopic (exact) mass is 508 g/mol. The number of non-ortho nitro benzene ring substituents is 1. The van der Waals surface area contributed by atoms with Crippen LogP contribution in [0.1, 0.15) is 29.3 Å². The number of hydroxylamine groups is 2. The third-order valence-electron chi connectivity index (χ3n) is 6.07. The molecule has 2 unspecified atom stereocenters. The molecule has 1 saturated heterocycles. The highest BCUT2D eigenvalue weighted by Crippen LogP contribution is 2.49. The van der Waals surface area contributed by atoms with E-state index >= 15 is 0 Å². The summed E-state index contributed by atoms with van der Waals surface area (Å²) >= 11 is 0. The van der Waals surface area contributed by atoms with Gasteiger partial charge in [-0.15, -0.1) is 0 Å². The molecule has 0 amide bonds. The molecule has 0 aromatic heterocycles. The molecule has 1 aliphatic rings. The van der Waals surface area contributed by atoms with E-state index in [1.54, 1.807) is 61.5 Å². The van der Waals surface area contributed by atoms with Crippen LogP contribution in [0.4, 0.5) is 5.69 Å². The van der Waals surface area contributed by atoms with Gasteiger partial charge in [0, 0.05) is 30.7 Å². The van der Waals surface area contributed by atoms with E-state index in [4.69, 9.17) is 14.3 Å². The molecule has 192 valence electrons. The van der Waals surface area contributed by atoms with Crippen LogP contribution in [0.25, 0.3) is 0 Å². The second kappa shape index (κ2) is 10.2. The normalized spacial score (nSPS) is 21.2. The van der Waals surface area contributed by atoms with Crippen LogP contribution in [0.15, 0.2) is 78.9 Å². The molecule has 2 atom stereocenters. The van der Waals surface area contributed by atoms with Gasteiger partial charge >= 0.3 is 11.9 Å². The molecule has 0 aliphatic carbocycles. The largest absolute Gasteiger partial charge is 0.490 e. The Morgan fingerprint density at radius 2 is 1.62 bits per heavy atom. The standard InChI is InChI=1S/C26H24N2O9/c1-2-35-21-10-6-7-11-22(21)36-25(19-8-4-3-5-9-19)16-17-27(26(25,32)24(30)31)37-23(29)18-12-14-20(15-13-18)28(33)34/h3-15,32H,2,16-17H2,1H3,(H,30,31). The Morgan fingerprint density at radius 1 is 1.00 bits per heavy atom. The Bertz CT molecular complexity index is 1300. The second-order valence-electron chi connectivity index (χ2n) is 8.19. The molecule has 0 radical (unpaired) electrons. The van der Waals surface area contributed by atoms with Crippen molar-refractivity contribution in [2.75, 3.05) is 13.2 Å². The van der Waals surface area contributed by atoms with Gasteiger partial charge in [0.05, 0.1) is 17.1 Å². The molecule has 1 fully saturated rings. The zero-order valence-corrected chi connectivity index (χ0v) is 19.8. The fourth-order valence-corrected chi connectivity index (χ4v) is 4.29. The van der Waals surface area contributed by atoms with E-state index in [1.165, 1.54) is 12.1 Å². The maximum atomic E-state index is 12.8. The minimum atomic E-state index is -2.86. The van der Waals surface area contributed by atoms with Gasteiger partial charge in [-0.25, -0.2) is 9.59 Å². The van der Waals surface area contributed by atoms with Crippen molar-refractivity contribution in [3.8, 4) is 11.5 Å². The number of hydrogen-bond acceptors (Lipinski definition) is 9. The highest BCUT2D eigenvalue weighted by Gasteiger charge is 2.69. The smallest absolute Gasteiger partial charge is 0.359 e. The molecule has 1 heterocycles. The lowest BCUT2D eigenvalue weighted by Crippen LogP contribution is -2.64. The number of rotatable bonds is 9. The van der Waals surface area contributed by atoms with Crippen molar-refractivity contribution >= 4 is 17.6 Å². The number of nitro benzene ring substituents is 1. The number of para-hydroxylation sites is 2. The van der Waals surface area contributed by atoms with Gasteiger partial charge in [-0.3, -0.25) is 10.1 Å². The summed E-state index contributed by atoms with van der Waals surface area (Å²) in [5, 5.41) is 33.6. The van der Waals surface area contributed by atoms with Crippen LogP contribution in [-0.4, -0.2) is 51.0 Å². The summed E-state index contributed by atoms with van der Waals surface area (Å²) in [7, 11) is 0. The fraction of sp³-hybridized carbons (Fsp3) is 0.231. The van der Waals surface area contributed by atoms with Gasteiger partial charge in [0.15, 0.2) is 17.1 Å². The number of nitrogens with zero attached hydrogens (tertiary/aromatic N) is 2. The van der Waals surface area contributed by atoms with Crippen molar-refractivity contribution < 1.29 is 39.0 Å². The molecule has 3 aromatic carbocycles. The van der Waals surface area contributed by atoms with Crippen molar-refractivity contribution in [2.45, 2.75) is 24.7 Å². The van der Waals surface area contributed by atoms with Gasteiger partial charge in [0.25, 0.3) is 11.4 Å². The number of aliphatic carboxylic acids is 1. The third kappa shape index (κ3) is 4.57. The van der Waals surface area contributed by atoms with Gasteiger partial charge in [-0.1, -0.05) is 47.5 Å².